The third-order valence-electron chi connectivity index (χ3n) is 8.57. The van der Waals surface area contributed by atoms with Crippen LogP contribution in [-0.4, -0.2) is 40.8 Å². The minimum absolute atomic E-state index is 0.107. The number of rotatable bonds is 5. The van der Waals surface area contributed by atoms with Crippen LogP contribution in [0.4, 0.5) is 0 Å². The van der Waals surface area contributed by atoms with Gasteiger partial charge in [-0.15, -0.1) is 6.58 Å². The number of esters is 1. The van der Waals surface area contributed by atoms with Crippen molar-refractivity contribution in [2.75, 3.05) is 6.61 Å². The number of carbonyl (C=O) groups is 2. The Balaban J connectivity index is 2.75. The van der Waals surface area contributed by atoms with E-state index < -0.39 is 41.0 Å². The van der Waals surface area contributed by atoms with E-state index in [1.807, 2.05) is 13.8 Å². The van der Waals surface area contributed by atoms with Crippen LogP contribution in [-0.2, 0) is 14.3 Å². The molecule has 0 bridgehead atoms. The van der Waals surface area contributed by atoms with Crippen LogP contribution in [0.15, 0.2) is 12.7 Å². The van der Waals surface area contributed by atoms with Gasteiger partial charge < -0.3 is 14.9 Å². The first-order valence-electron chi connectivity index (χ1n) is 10.6. The highest BCUT2D eigenvalue weighted by molar-refractivity contribution is 5.85. The predicted octanol–water partition coefficient (Wildman–Crippen LogP) is 3.52. The zero-order valence-corrected chi connectivity index (χ0v) is 18.3. The number of hydrogen-bond acceptors (Lipinski definition) is 5. The molecule has 0 amide bonds. The quantitative estimate of drug-likeness (QED) is 0.551. The van der Waals surface area contributed by atoms with E-state index in [0.29, 0.717) is 19.3 Å². The van der Waals surface area contributed by atoms with Crippen molar-refractivity contribution >= 4 is 11.8 Å². The minimum atomic E-state index is -0.708. The van der Waals surface area contributed by atoms with E-state index in [-0.39, 0.29) is 23.5 Å². The van der Waals surface area contributed by atoms with Crippen LogP contribution in [0.25, 0.3) is 0 Å². The SMILES string of the molecule is C=CC1(C)C[C@@H](OC(=O)CO)C(C)(C(C)CC)C2C(=O)CCC2(C)[C@@H](C)C1O. The standard InChI is InChI=1S/C23H38O5/c1-8-14(3)23(7)17(28-18(26)13-24)12-21(5,9-2)20(27)15(4)22(6)11-10-16(25)19(22)23/h9,14-15,17,19-20,24,27H,2,8,10-13H2,1,3-7H3/t14?,15-,17+,19?,20?,21?,22?,23?/m0/s1. The maximum Gasteiger partial charge on any atom is 0.332 e. The average molecular weight is 395 g/mol. The molecule has 6 unspecified atom stereocenters. The molecule has 2 N–H and O–H groups in total. The first kappa shape index (κ1) is 23.1. The molecule has 28 heavy (non-hydrogen) atoms. The van der Waals surface area contributed by atoms with E-state index in [1.54, 1.807) is 6.08 Å². The van der Waals surface area contributed by atoms with Crippen LogP contribution < -0.4 is 0 Å². The molecule has 8 atom stereocenters. The van der Waals surface area contributed by atoms with Crippen LogP contribution >= 0.6 is 0 Å². The topological polar surface area (TPSA) is 83.8 Å². The van der Waals surface area contributed by atoms with Crippen molar-refractivity contribution in [1.82, 2.24) is 0 Å². The Morgan fingerprint density at radius 3 is 2.50 bits per heavy atom. The summed E-state index contributed by atoms with van der Waals surface area (Å²) in [6, 6.07) is 0. The molecule has 0 aliphatic heterocycles. The molecule has 0 aromatic rings. The summed E-state index contributed by atoms with van der Waals surface area (Å²) in [5, 5.41) is 20.6. The molecule has 5 nitrogen and oxygen atoms in total. The molecule has 2 fully saturated rings. The highest BCUT2D eigenvalue weighted by Crippen LogP contribution is 2.63. The smallest absolute Gasteiger partial charge is 0.332 e. The van der Waals surface area contributed by atoms with Crippen molar-refractivity contribution in [3.63, 3.8) is 0 Å². The average Bonchev–Trinajstić information content (AvgIpc) is 2.99. The van der Waals surface area contributed by atoms with Crippen LogP contribution in [0, 0.1) is 34.0 Å². The molecule has 2 aliphatic rings. The normalized spacial score (nSPS) is 44.9. The summed E-state index contributed by atoms with van der Waals surface area (Å²) in [5.41, 5.74) is -1.67. The Hall–Kier alpha value is -1.20. The lowest BCUT2D eigenvalue weighted by molar-refractivity contribution is -0.192. The predicted molar refractivity (Wildman–Crippen MR) is 108 cm³/mol. The Morgan fingerprint density at radius 1 is 1.39 bits per heavy atom. The van der Waals surface area contributed by atoms with Gasteiger partial charge in [0.25, 0.3) is 0 Å². The van der Waals surface area contributed by atoms with E-state index in [0.717, 1.165) is 6.42 Å². The number of aliphatic hydroxyl groups excluding tert-OH is 2. The fourth-order valence-corrected chi connectivity index (χ4v) is 6.07. The number of ketones is 1. The maximum absolute atomic E-state index is 13.2. The van der Waals surface area contributed by atoms with Gasteiger partial charge in [-0.05, 0) is 30.1 Å². The summed E-state index contributed by atoms with van der Waals surface area (Å²) in [7, 11) is 0. The fraction of sp³-hybridized carbons (Fsp3) is 0.826. The number of carbonyl (C=O) groups excluding carboxylic acids is 2. The zero-order chi connectivity index (χ0) is 21.5. The summed E-state index contributed by atoms with van der Waals surface area (Å²) >= 11 is 0. The second-order valence-electron chi connectivity index (χ2n) is 9.86. The monoisotopic (exact) mass is 394 g/mol. The second-order valence-corrected chi connectivity index (χ2v) is 9.86. The largest absolute Gasteiger partial charge is 0.460 e. The van der Waals surface area contributed by atoms with Gasteiger partial charge in [-0.3, -0.25) is 4.79 Å². The number of hydrogen-bond donors (Lipinski definition) is 2. The van der Waals surface area contributed by atoms with Crippen LogP contribution in [0.5, 0.6) is 0 Å². The van der Waals surface area contributed by atoms with Crippen molar-refractivity contribution in [3.05, 3.63) is 12.7 Å². The third-order valence-corrected chi connectivity index (χ3v) is 8.57. The van der Waals surface area contributed by atoms with Gasteiger partial charge in [0.2, 0.25) is 0 Å². The Morgan fingerprint density at radius 2 is 2.00 bits per heavy atom. The summed E-state index contributed by atoms with van der Waals surface area (Å²) < 4.78 is 5.80. The van der Waals surface area contributed by atoms with Crippen LogP contribution in [0.3, 0.4) is 0 Å². The molecule has 0 radical (unpaired) electrons. The van der Waals surface area contributed by atoms with Crippen molar-refractivity contribution in [2.45, 2.75) is 79.4 Å². The van der Waals surface area contributed by atoms with Gasteiger partial charge in [0, 0.05) is 23.2 Å². The molecule has 2 saturated carbocycles. The lowest BCUT2D eigenvalue weighted by Crippen LogP contribution is -2.60. The van der Waals surface area contributed by atoms with Gasteiger partial charge in [0.05, 0.1) is 6.10 Å². The van der Waals surface area contributed by atoms with Crippen LogP contribution in [0.2, 0.25) is 0 Å². The van der Waals surface area contributed by atoms with Gasteiger partial charge >= 0.3 is 5.97 Å². The molecule has 2 rings (SSSR count). The zero-order valence-electron chi connectivity index (χ0n) is 18.3. The molecule has 0 aromatic heterocycles. The van der Waals surface area contributed by atoms with E-state index in [1.165, 1.54) is 0 Å². The summed E-state index contributed by atoms with van der Waals surface area (Å²) in [5.74, 6) is -0.806. The Labute approximate surface area is 169 Å². The number of fused-ring (bicyclic) bond motifs is 1. The van der Waals surface area contributed by atoms with Crippen molar-refractivity contribution in [2.24, 2.45) is 34.0 Å². The van der Waals surface area contributed by atoms with Gasteiger partial charge in [-0.2, -0.15) is 0 Å². The lowest BCUT2D eigenvalue weighted by Gasteiger charge is -2.57. The second kappa shape index (κ2) is 7.91. The van der Waals surface area contributed by atoms with Gasteiger partial charge in [-0.1, -0.05) is 54.0 Å². The molecular weight excluding hydrogens is 356 g/mol. The lowest BCUT2D eigenvalue weighted by atomic mass is 9.48. The number of ether oxygens (including phenoxy) is 1. The number of Topliss-reactive ketones (excluding diaryl/α,β-unsaturated/α-hetero) is 1. The molecular formula is C23H38O5. The highest BCUT2D eigenvalue weighted by atomic mass is 16.6. The molecule has 2 aliphatic carbocycles. The highest BCUT2D eigenvalue weighted by Gasteiger charge is 2.64. The Bertz CT molecular complexity index is 630. The fourth-order valence-electron chi connectivity index (χ4n) is 6.07. The molecule has 160 valence electrons. The van der Waals surface area contributed by atoms with E-state index in [2.05, 4.69) is 34.3 Å². The van der Waals surface area contributed by atoms with Crippen molar-refractivity contribution in [1.29, 1.82) is 0 Å². The molecule has 0 spiro atoms. The first-order valence-corrected chi connectivity index (χ1v) is 10.6. The molecule has 5 heteroatoms. The summed E-state index contributed by atoms with van der Waals surface area (Å²) in [6.07, 6.45) is 2.86. The van der Waals surface area contributed by atoms with E-state index in [4.69, 9.17) is 4.74 Å². The van der Waals surface area contributed by atoms with Gasteiger partial charge in [-0.25, -0.2) is 4.79 Å². The van der Waals surface area contributed by atoms with Crippen LogP contribution in [0.1, 0.15) is 67.2 Å². The summed E-state index contributed by atoms with van der Waals surface area (Å²) in [6.45, 7) is 15.6. The van der Waals surface area contributed by atoms with Gasteiger partial charge in [0.1, 0.15) is 18.5 Å². The maximum atomic E-state index is 13.2. The number of aliphatic hydroxyl groups is 2. The third kappa shape index (κ3) is 3.35. The molecule has 0 aromatic carbocycles. The van der Waals surface area contributed by atoms with E-state index in [9.17, 15) is 19.8 Å². The molecule has 0 heterocycles. The van der Waals surface area contributed by atoms with Gasteiger partial charge in [0.15, 0.2) is 0 Å². The summed E-state index contributed by atoms with van der Waals surface area (Å²) in [4.78, 5) is 25.3. The van der Waals surface area contributed by atoms with Crippen molar-refractivity contribution < 1.29 is 24.5 Å². The Kier molecular flexibility index (Phi) is 6.52. The van der Waals surface area contributed by atoms with Crippen molar-refractivity contribution in [3.8, 4) is 0 Å². The minimum Gasteiger partial charge on any atom is -0.460 e. The molecule has 0 saturated heterocycles. The first-order chi connectivity index (χ1) is 12.9. The van der Waals surface area contributed by atoms with E-state index >= 15 is 0 Å².